The monoisotopic (exact) mass is 268 g/mol. The highest BCUT2D eigenvalue weighted by Gasteiger charge is 2.34. The van der Waals surface area contributed by atoms with E-state index in [2.05, 4.69) is 5.10 Å². The quantitative estimate of drug-likeness (QED) is 0.800. The molecule has 3 nitrogen and oxygen atoms in total. The first-order chi connectivity index (χ1) is 8.97. The van der Waals surface area contributed by atoms with E-state index in [0.717, 1.165) is 6.07 Å². The van der Waals surface area contributed by atoms with E-state index >= 15 is 0 Å². The molecule has 100 valence electrons. The second-order valence-corrected chi connectivity index (χ2v) is 3.93. The van der Waals surface area contributed by atoms with Gasteiger partial charge in [0.1, 0.15) is 5.69 Å². The number of benzene rings is 1. The molecule has 19 heavy (non-hydrogen) atoms. The van der Waals surface area contributed by atoms with Crippen molar-refractivity contribution in [2.24, 2.45) is 0 Å². The molecule has 0 spiro atoms. The molecule has 0 atom stereocenters. The number of aryl methyl sites for hydroxylation is 1. The fraction of sp³-hybridized carbons (Fsp3) is 0.231. The molecule has 6 heteroatoms. The van der Waals surface area contributed by atoms with Gasteiger partial charge < -0.3 is 0 Å². The summed E-state index contributed by atoms with van der Waals surface area (Å²) >= 11 is 0. The minimum Gasteiger partial charge on any atom is -0.296 e. The summed E-state index contributed by atoms with van der Waals surface area (Å²) in [6, 6.07) is 6.61. The molecule has 0 unspecified atom stereocenters. The fourth-order valence-corrected chi connectivity index (χ4v) is 1.91. The van der Waals surface area contributed by atoms with Crippen LogP contribution in [0.3, 0.4) is 0 Å². The summed E-state index contributed by atoms with van der Waals surface area (Å²) in [6.45, 7) is 2.14. The van der Waals surface area contributed by atoms with E-state index in [-0.39, 0.29) is 17.0 Å². The van der Waals surface area contributed by atoms with Gasteiger partial charge in [-0.25, -0.2) is 0 Å². The summed E-state index contributed by atoms with van der Waals surface area (Å²) in [5.41, 5.74) is -0.300. The molecule has 0 aliphatic carbocycles. The third-order valence-electron chi connectivity index (χ3n) is 2.73. The van der Waals surface area contributed by atoms with Gasteiger partial charge in [-0.1, -0.05) is 18.2 Å². The number of rotatable bonds is 3. The molecule has 0 aliphatic rings. The standard InChI is InChI=1S/C13H11F3N2O/c1-2-18-12(7-9(8-19)17-18)10-5-3-4-6-11(10)13(14,15)16/h3-8H,2H2,1H3. The van der Waals surface area contributed by atoms with Crippen LogP contribution in [0.5, 0.6) is 0 Å². The number of hydrogen-bond acceptors (Lipinski definition) is 2. The Morgan fingerprint density at radius 3 is 2.58 bits per heavy atom. The van der Waals surface area contributed by atoms with Crippen LogP contribution in [-0.4, -0.2) is 16.1 Å². The van der Waals surface area contributed by atoms with Crippen molar-refractivity contribution in [2.45, 2.75) is 19.6 Å². The van der Waals surface area contributed by atoms with Gasteiger partial charge in [0.15, 0.2) is 6.29 Å². The molecular formula is C13H11F3N2O. The van der Waals surface area contributed by atoms with Crippen molar-refractivity contribution in [3.63, 3.8) is 0 Å². The van der Waals surface area contributed by atoms with Gasteiger partial charge in [-0.05, 0) is 19.1 Å². The topological polar surface area (TPSA) is 34.9 Å². The minimum atomic E-state index is -4.44. The Morgan fingerprint density at radius 2 is 2.00 bits per heavy atom. The Balaban J connectivity index is 2.65. The van der Waals surface area contributed by atoms with Gasteiger partial charge in [0.2, 0.25) is 0 Å². The van der Waals surface area contributed by atoms with E-state index in [4.69, 9.17) is 0 Å². The molecule has 0 saturated heterocycles. The molecule has 0 fully saturated rings. The lowest BCUT2D eigenvalue weighted by atomic mass is 10.0. The van der Waals surface area contributed by atoms with Crippen molar-refractivity contribution < 1.29 is 18.0 Å². The normalized spacial score (nSPS) is 11.6. The van der Waals surface area contributed by atoms with Crippen LogP contribution in [0.25, 0.3) is 11.3 Å². The van der Waals surface area contributed by atoms with E-state index < -0.39 is 11.7 Å². The lowest BCUT2D eigenvalue weighted by Crippen LogP contribution is -2.09. The molecule has 1 heterocycles. The van der Waals surface area contributed by atoms with E-state index in [0.29, 0.717) is 12.8 Å². The van der Waals surface area contributed by atoms with Crippen LogP contribution in [0.4, 0.5) is 13.2 Å². The first-order valence-electron chi connectivity index (χ1n) is 5.67. The summed E-state index contributed by atoms with van der Waals surface area (Å²) in [4.78, 5) is 10.7. The smallest absolute Gasteiger partial charge is 0.296 e. The molecule has 0 amide bonds. The van der Waals surface area contributed by atoms with Crippen molar-refractivity contribution in [2.75, 3.05) is 0 Å². The molecule has 1 aromatic heterocycles. The van der Waals surface area contributed by atoms with Crippen molar-refractivity contribution in [1.82, 2.24) is 9.78 Å². The van der Waals surface area contributed by atoms with E-state index in [1.807, 2.05) is 0 Å². The molecule has 0 radical (unpaired) electrons. The zero-order valence-corrected chi connectivity index (χ0v) is 10.1. The summed E-state index contributed by atoms with van der Waals surface area (Å²) in [7, 11) is 0. The van der Waals surface area contributed by atoms with E-state index in [1.54, 1.807) is 6.92 Å². The maximum atomic E-state index is 13.0. The molecule has 0 bridgehead atoms. The van der Waals surface area contributed by atoms with E-state index in [1.165, 1.54) is 28.9 Å². The summed E-state index contributed by atoms with van der Waals surface area (Å²) < 4.78 is 40.3. The Bertz CT molecular complexity index is 602. The molecule has 1 aromatic carbocycles. The summed E-state index contributed by atoms with van der Waals surface area (Å²) in [6.07, 6.45) is -3.92. The van der Waals surface area contributed by atoms with Crippen LogP contribution < -0.4 is 0 Å². The predicted octanol–water partition coefficient (Wildman–Crippen LogP) is 3.40. The predicted molar refractivity (Wildman–Crippen MR) is 63.7 cm³/mol. The first kappa shape index (κ1) is 13.3. The second-order valence-electron chi connectivity index (χ2n) is 3.93. The molecular weight excluding hydrogens is 257 g/mol. The number of carbonyl (C=O) groups is 1. The highest BCUT2D eigenvalue weighted by Crippen LogP contribution is 2.36. The number of halogens is 3. The maximum absolute atomic E-state index is 13.0. The third-order valence-corrected chi connectivity index (χ3v) is 2.73. The largest absolute Gasteiger partial charge is 0.417 e. The Morgan fingerprint density at radius 1 is 1.32 bits per heavy atom. The average Bonchev–Trinajstić information content (AvgIpc) is 2.81. The Labute approximate surface area is 107 Å². The van der Waals surface area contributed by atoms with Gasteiger partial charge in [0.25, 0.3) is 0 Å². The third kappa shape index (κ3) is 2.52. The zero-order chi connectivity index (χ0) is 14.0. The van der Waals surface area contributed by atoms with Crippen LogP contribution in [0.2, 0.25) is 0 Å². The van der Waals surface area contributed by atoms with Gasteiger partial charge in [-0.2, -0.15) is 18.3 Å². The van der Waals surface area contributed by atoms with Crippen LogP contribution in [0.1, 0.15) is 23.0 Å². The number of alkyl halides is 3. The lowest BCUT2D eigenvalue weighted by Gasteiger charge is -2.13. The van der Waals surface area contributed by atoms with Gasteiger partial charge in [0, 0.05) is 12.1 Å². The van der Waals surface area contributed by atoms with E-state index in [9.17, 15) is 18.0 Å². The lowest BCUT2D eigenvalue weighted by molar-refractivity contribution is -0.137. The van der Waals surface area contributed by atoms with Crippen LogP contribution in [-0.2, 0) is 12.7 Å². The molecule has 0 aliphatic heterocycles. The Kier molecular flexibility index (Phi) is 3.42. The molecule has 0 N–H and O–H groups in total. The fourth-order valence-electron chi connectivity index (χ4n) is 1.91. The highest BCUT2D eigenvalue weighted by molar-refractivity contribution is 5.76. The Hall–Kier alpha value is -2.11. The first-order valence-corrected chi connectivity index (χ1v) is 5.67. The second kappa shape index (κ2) is 4.87. The van der Waals surface area contributed by atoms with Crippen LogP contribution >= 0.6 is 0 Å². The number of aldehydes is 1. The van der Waals surface area contributed by atoms with Gasteiger partial charge in [0.05, 0.1) is 11.3 Å². The number of hydrogen-bond donors (Lipinski definition) is 0. The number of carbonyl (C=O) groups excluding carboxylic acids is 1. The summed E-state index contributed by atoms with van der Waals surface area (Å²) in [5, 5.41) is 3.93. The SMILES string of the molecule is CCn1nc(C=O)cc1-c1ccccc1C(F)(F)F. The summed E-state index contributed by atoms with van der Waals surface area (Å²) in [5.74, 6) is 0. The van der Waals surface area contributed by atoms with Crippen LogP contribution in [0, 0.1) is 0 Å². The minimum absolute atomic E-state index is 0.0254. The molecule has 0 saturated carbocycles. The van der Waals surface area contributed by atoms with Gasteiger partial charge in [-0.15, -0.1) is 0 Å². The maximum Gasteiger partial charge on any atom is 0.417 e. The van der Waals surface area contributed by atoms with Gasteiger partial charge in [-0.3, -0.25) is 9.48 Å². The van der Waals surface area contributed by atoms with Crippen molar-refractivity contribution in [1.29, 1.82) is 0 Å². The molecule has 2 aromatic rings. The van der Waals surface area contributed by atoms with Crippen molar-refractivity contribution in [3.05, 3.63) is 41.6 Å². The average molecular weight is 268 g/mol. The van der Waals surface area contributed by atoms with Crippen molar-refractivity contribution in [3.8, 4) is 11.3 Å². The molecule has 2 rings (SSSR count). The van der Waals surface area contributed by atoms with Gasteiger partial charge >= 0.3 is 6.18 Å². The number of aromatic nitrogens is 2. The van der Waals surface area contributed by atoms with Crippen molar-refractivity contribution >= 4 is 6.29 Å². The van der Waals surface area contributed by atoms with Crippen LogP contribution in [0.15, 0.2) is 30.3 Å². The highest BCUT2D eigenvalue weighted by atomic mass is 19.4. The zero-order valence-electron chi connectivity index (χ0n) is 10.1. The number of nitrogens with zero attached hydrogens (tertiary/aromatic N) is 2.